The van der Waals surface area contributed by atoms with Crippen LogP contribution in [0.4, 0.5) is 5.69 Å². The molecule has 1 amide bonds. The van der Waals surface area contributed by atoms with Crippen LogP contribution in [-0.4, -0.2) is 23.5 Å². The highest BCUT2D eigenvalue weighted by Crippen LogP contribution is 2.21. The summed E-state index contributed by atoms with van der Waals surface area (Å²) in [6, 6.07) is 4.34. The SMILES string of the molecule is CCCC(CN)C(=O)Nc1ccc(Cl)c(C(=O)O)c1. The molecule has 4 N–H and O–H groups in total. The monoisotopic (exact) mass is 284 g/mol. The molecule has 0 spiro atoms. The number of nitrogens with two attached hydrogens (primary N) is 1. The first-order chi connectivity index (χ1) is 8.99. The lowest BCUT2D eigenvalue weighted by molar-refractivity contribution is -0.119. The van der Waals surface area contributed by atoms with Gasteiger partial charge in [0.2, 0.25) is 5.91 Å². The van der Waals surface area contributed by atoms with Crippen LogP contribution in [0, 0.1) is 5.92 Å². The molecular weight excluding hydrogens is 268 g/mol. The maximum Gasteiger partial charge on any atom is 0.337 e. The van der Waals surface area contributed by atoms with Crippen LogP contribution < -0.4 is 11.1 Å². The molecule has 5 nitrogen and oxygen atoms in total. The summed E-state index contributed by atoms with van der Waals surface area (Å²) >= 11 is 5.75. The average molecular weight is 285 g/mol. The first kappa shape index (κ1) is 15.5. The average Bonchev–Trinajstić information content (AvgIpc) is 2.37. The molecule has 0 bridgehead atoms. The van der Waals surface area contributed by atoms with Gasteiger partial charge in [0, 0.05) is 12.2 Å². The zero-order valence-electron chi connectivity index (χ0n) is 10.6. The Morgan fingerprint density at radius 1 is 1.47 bits per heavy atom. The summed E-state index contributed by atoms with van der Waals surface area (Å²) < 4.78 is 0. The van der Waals surface area contributed by atoms with E-state index in [9.17, 15) is 9.59 Å². The van der Waals surface area contributed by atoms with E-state index in [4.69, 9.17) is 22.4 Å². The second kappa shape index (κ2) is 7.11. The number of aromatic carboxylic acids is 1. The van der Waals surface area contributed by atoms with Crippen LogP contribution in [0.5, 0.6) is 0 Å². The summed E-state index contributed by atoms with van der Waals surface area (Å²) in [5.74, 6) is -1.61. The summed E-state index contributed by atoms with van der Waals surface area (Å²) in [5.41, 5.74) is 5.90. The Bertz CT molecular complexity index is 477. The van der Waals surface area contributed by atoms with Crippen LogP contribution >= 0.6 is 11.6 Å². The summed E-state index contributed by atoms with van der Waals surface area (Å²) in [5, 5.41) is 11.7. The van der Waals surface area contributed by atoms with Gasteiger partial charge in [-0.25, -0.2) is 4.79 Å². The fourth-order valence-corrected chi connectivity index (χ4v) is 1.91. The number of amides is 1. The zero-order valence-corrected chi connectivity index (χ0v) is 11.4. The number of nitrogens with one attached hydrogen (secondary N) is 1. The summed E-state index contributed by atoms with van der Waals surface area (Å²) in [6.45, 7) is 2.24. The Kier molecular flexibility index (Phi) is 5.79. The zero-order chi connectivity index (χ0) is 14.4. The van der Waals surface area contributed by atoms with E-state index >= 15 is 0 Å². The Balaban J connectivity index is 2.85. The molecule has 19 heavy (non-hydrogen) atoms. The smallest absolute Gasteiger partial charge is 0.337 e. The first-order valence-corrected chi connectivity index (χ1v) is 6.41. The van der Waals surface area contributed by atoms with E-state index in [1.807, 2.05) is 6.92 Å². The molecule has 6 heteroatoms. The molecule has 1 atom stereocenters. The number of benzene rings is 1. The molecule has 0 aliphatic carbocycles. The van der Waals surface area contributed by atoms with Gasteiger partial charge in [-0.15, -0.1) is 0 Å². The minimum atomic E-state index is -1.13. The van der Waals surface area contributed by atoms with Crippen molar-refractivity contribution in [3.05, 3.63) is 28.8 Å². The molecule has 0 aliphatic heterocycles. The second-order valence-electron chi connectivity index (χ2n) is 4.21. The van der Waals surface area contributed by atoms with Crippen LogP contribution in [0.2, 0.25) is 5.02 Å². The maximum atomic E-state index is 11.9. The van der Waals surface area contributed by atoms with Gasteiger partial charge in [-0.3, -0.25) is 4.79 Å². The number of hydrogen-bond acceptors (Lipinski definition) is 3. The van der Waals surface area contributed by atoms with Crippen molar-refractivity contribution < 1.29 is 14.7 Å². The molecule has 104 valence electrons. The number of halogens is 1. The van der Waals surface area contributed by atoms with Crippen molar-refractivity contribution in [3.8, 4) is 0 Å². The van der Waals surface area contributed by atoms with Crippen molar-refractivity contribution in [1.29, 1.82) is 0 Å². The van der Waals surface area contributed by atoms with E-state index in [0.29, 0.717) is 12.1 Å². The fourth-order valence-electron chi connectivity index (χ4n) is 1.72. The minimum absolute atomic E-state index is 0.0424. The number of rotatable bonds is 6. The van der Waals surface area contributed by atoms with Crippen LogP contribution in [0.15, 0.2) is 18.2 Å². The van der Waals surface area contributed by atoms with Crippen molar-refractivity contribution in [2.75, 3.05) is 11.9 Å². The summed E-state index contributed by atoms with van der Waals surface area (Å²) in [4.78, 5) is 22.9. The van der Waals surface area contributed by atoms with Gasteiger partial charge in [0.1, 0.15) is 0 Å². The number of carboxylic acids is 1. The van der Waals surface area contributed by atoms with E-state index < -0.39 is 5.97 Å². The van der Waals surface area contributed by atoms with Crippen LogP contribution in [0.1, 0.15) is 30.1 Å². The van der Waals surface area contributed by atoms with Crippen LogP contribution in [-0.2, 0) is 4.79 Å². The highest BCUT2D eigenvalue weighted by Gasteiger charge is 2.17. The number of carbonyl (C=O) groups is 2. The molecule has 0 heterocycles. The molecule has 0 saturated carbocycles. The Labute approximate surface area is 116 Å². The molecule has 1 aromatic rings. The third-order valence-corrected chi connectivity index (χ3v) is 3.09. The van der Waals surface area contributed by atoms with Crippen molar-refractivity contribution in [2.45, 2.75) is 19.8 Å². The van der Waals surface area contributed by atoms with E-state index in [2.05, 4.69) is 5.32 Å². The Morgan fingerprint density at radius 3 is 2.68 bits per heavy atom. The Morgan fingerprint density at radius 2 is 2.16 bits per heavy atom. The first-order valence-electron chi connectivity index (χ1n) is 6.03. The largest absolute Gasteiger partial charge is 0.478 e. The van der Waals surface area contributed by atoms with Gasteiger partial charge < -0.3 is 16.2 Å². The third-order valence-electron chi connectivity index (χ3n) is 2.76. The minimum Gasteiger partial charge on any atom is -0.478 e. The highest BCUT2D eigenvalue weighted by molar-refractivity contribution is 6.33. The van der Waals surface area contributed by atoms with Crippen molar-refractivity contribution in [2.24, 2.45) is 11.7 Å². The summed E-state index contributed by atoms with van der Waals surface area (Å²) in [7, 11) is 0. The molecule has 1 unspecified atom stereocenters. The van der Waals surface area contributed by atoms with Gasteiger partial charge in [-0.1, -0.05) is 24.9 Å². The molecule has 0 aromatic heterocycles. The third kappa shape index (κ3) is 4.22. The van der Waals surface area contributed by atoms with Gasteiger partial charge in [-0.05, 0) is 24.6 Å². The predicted octanol–water partition coefficient (Wildman–Crippen LogP) is 2.35. The van der Waals surface area contributed by atoms with Gasteiger partial charge in [-0.2, -0.15) is 0 Å². The number of anilines is 1. The molecule has 0 saturated heterocycles. The van der Waals surface area contributed by atoms with E-state index in [0.717, 1.165) is 6.42 Å². The molecule has 0 fully saturated rings. The Hall–Kier alpha value is -1.59. The standard InChI is InChI=1S/C13H17ClN2O3/c1-2-3-8(7-15)12(17)16-9-4-5-11(14)10(6-9)13(18)19/h4-6,8H,2-3,7,15H2,1H3,(H,16,17)(H,18,19). The van der Waals surface area contributed by atoms with E-state index in [-0.39, 0.29) is 29.0 Å². The van der Waals surface area contributed by atoms with Crippen molar-refractivity contribution >= 4 is 29.2 Å². The normalized spacial score (nSPS) is 11.9. The maximum absolute atomic E-state index is 11.9. The predicted molar refractivity (Wildman–Crippen MR) is 74.5 cm³/mol. The van der Waals surface area contributed by atoms with Gasteiger partial charge >= 0.3 is 5.97 Å². The highest BCUT2D eigenvalue weighted by atomic mass is 35.5. The number of carbonyl (C=O) groups excluding carboxylic acids is 1. The number of carboxylic acid groups (broad SMARTS) is 1. The quantitative estimate of drug-likeness (QED) is 0.747. The topological polar surface area (TPSA) is 92.4 Å². The molecule has 0 aliphatic rings. The molecule has 0 radical (unpaired) electrons. The lowest BCUT2D eigenvalue weighted by Crippen LogP contribution is -2.29. The van der Waals surface area contributed by atoms with Crippen molar-refractivity contribution in [1.82, 2.24) is 0 Å². The fraction of sp³-hybridized carbons (Fsp3) is 0.385. The van der Waals surface area contributed by atoms with Crippen LogP contribution in [0.3, 0.4) is 0 Å². The summed E-state index contributed by atoms with van der Waals surface area (Å²) in [6.07, 6.45) is 1.55. The number of hydrogen-bond donors (Lipinski definition) is 3. The van der Waals surface area contributed by atoms with E-state index in [1.54, 1.807) is 6.07 Å². The van der Waals surface area contributed by atoms with Gasteiger partial charge in [0.15, 0.2) is 0 Å². The molecular formula is C13H17ClN2O3. The molecule has 1 aromatic carbocycles. The van der Waals surface area contributed by atoms with Gasteiger partial charge in [0.05, 0.1) is 16.5 Å². The molecule has 1 rings (SSSR count). The second-order valence-corrected chi connectivity index (χ2v) is 4.62. The van der Waals surface area contributed by atoms with E-state index in [1.165, 1.54) is 12.1 Å². The van der Waals surface area contributed by atoms with Gasteiger partial charge in [0.25, 0.3) is 0 Å². The van der Waals surface area contributed by atoms with Crippen LogP contribution in [0.25, 0.3) is 0 Å². The lowest BCUT2D eigenvalue weighted by atomic mass is 10.0. The van der Waals surface area contributed by atoms with Crippen molar-refractivity contribution in [3.63, 3.8) is 0 Å². The lowest BCUT2D eigenvalue weighted by Gasteiger charge is -2.14.